The van der Waals surface area contributed by atoms with Gasteiger partial charge in [0.15, 0.2) is 0 Å². The molecule has 184 valence electrons. The second-order valence-electron chi connectivity index (χ2n) is 8.19. The van der Waals surface area contributed by atoms with Crippen molar-refractivity contribution in [2.24, 2.45) is 0 Å². The lowest BCUT2D eigenvalue weighted by atomic mass is 10.1. The lowest BCUT2D eigenvalue weighted by Crippen LogP contribution is -2.27. The fourth-order valence-electron chi connectivity index (χ4n) is 3.81. The number of hydrogen-bond acceptors (Lipinski definition) is 5. The van der Waals surface area contributed by atoms with E-state index in [0.29, 0.717) is 24.5 Å². The smallest absolute Gasteiger partial charge is 0.416 e. The number of aromatic nitrogens is 3. The molecule has 1 aromatic carbocycles. The molecule has 0 radical (unpaired) electrons. The molecule has 0 aliphatic rings. The van der Waals surface area contributed by atoms with Gasteiger partial charge in [-0.05, 0) is 60.6 Å². The van der Waals surface area contributed by atoms with Gasteiger partial charge in [-0.2, -0.15) is 13.2 Å². The van der Waals surface area contributed by atoms with Gasteiger partial charge in [0, 0.05) is 36.4 Å². The monoisotopic (exact) mass is 483 g/mol. The van der Waals surface area contributed by atoms with Crippen molar-refractivity contribution in [2.45, 2.75) is 26.4 Å². The van der Waals surface area contributed by atoms with Crippen LogP contribution in [0.3, 0.4) is 0 Å². The van der Waals surface area contributed by atoms with Gasteiger partial charge >= 0.3 is 6.18 Å². The second kappa shape index (κ2) is 10.8. The van der Waals surface area contributed by atoms with E-state index in [1.165, 1.54) is 12.1 Å². The van der Waals surface area contributed by atoms with Gasteiger partial charge < -0.3 is 19.9 Å². The highest BCUT2D eigenvalue weighted by Crippen LogP contribution is 2.30. The average Bonchev–Trinajstić information content (AvgIpc) is 3.25. The van der Waals surface area contributed by atoms with Crippen LogP contribution < -0.4 is 10.1 Å². The lowest BCUT2D eigenvalue weighted by molar-refractivity contribution is -0.137. The molecule has 0 aliphatic carbocycles. The van der Waals surface area contributed by atoms with Gasteiger partial charge in [-0.25, -0.2) is 9.97 Å². The molecule has 0 atom stereocenters. The summed E-state index contributed by atoms with van der Waals surface area (Å²) >= 11 is 0. The third kappa shape index (κ3) is 6.30. The van der Waals surface area contributed by atoms with Crippen molar-refractivity contribution in [1.82, 2.24) is 19.9 Å². The van der Waals surface area contributed by atoms with Gasteiger partial charge in [0.1, 0.15) is 23.8 Å². The molecular weight excluding hydrogens is 455 g/mol. The number of rotatable bonds is 10. The number of nitrogens with one attached hydrogen (secondary N) is 2. The van der Waals surface area contributed by atoms with Crippen LogP contribution in [0.2, 0.25) is 0 Å². The van der Waals surface area contributed by atoms with Gasteiger partial charge in [0.25, 0.3) is 0 Å². The summed E-state index contributed by atoms with van der Waals surface area (Å²) in [5.74, 6) is 1.29. The molecule has 0 saturated heterocycles. The molecule has 0 aliphatic heterocycles. The standard InChI is InChI=1S/C26H28F3N5O/c1-3-34(4-2)11-12-35-22-14-23-19(16-31-25(23)32-17-22)13-18-5-10-24(30-15-18)33-21-8-6-20(7-9-21)26(27,28)29/h5-10,14-17H,3-4,11-13H2,1-2H3,(H,30,33)(H,31,32). The number of likely N-dealkylation sites (N-methyl/N-ethyl adjacent to an activating group) is 1. The largest absolute Gasteiger partial charge is 0.491 e. The predicted molar refractivity (Wildman–Crippen MR) is 131 cm³/mol. The number of aromatic amines is 1. The summed E-state index contributed by atoms with van der Waals surface area (Å²) in [5, 5.41) is 4.02. The first-order valence-electron chi connectivity index (χ1n) is 11.6. The minimum absolute atomic E-state index is 0.537. The third-order valence-corrected chi connectivity index (χ3v) is 5.87. The molecule has 0 fully saturated rings. The van der Waals surface area contributed by atoms with Crippen LogP contribution in [0.4, 0.5) is 24.7 Å². The van der Waals surface area contributed by atoms with Crippen LogP contribution in [0.25, 0.3) is 11.0 Å². The number of pyridine rings is 2. The molecule has 4 aromatic rings. The van der Waals surface area contributed by atoms with Crippen molar-refractivity contribution in [3.8, 4) is 5.75 Å². The number of fused-ring (bicyclic) bond motifs is 1. The summed E-state index contributed by atoms with van der Waals surface area (Å²) in [6.07, 6.45) is 1.72. The van der Waals surface area contributed by atoms with E-state index in [2.05, 4.69) is 39.0 Å². The summed E-state index contributed by atoms with van der Waals surface area (Å²) in [5.41, 5.74) is 2.72. The number of anilines is 2. The van der Waals surface area contributed by atoms with E-state index in [4.69, 9.17) is 4.74 Å². The minimum atomic E-state index is -4.35. The van der Waals surface area contributed by atoms with Crippen molar-refractivity contribution >= 4 is 22.5 Å². The number of ether oxygens (including phenoxy) is 1. The topological polar surface area (TPSA) is 66.1 Å². The maximum absolute atomic E-state index is 12.7. The number of nitrogens with zero attached hydrogens (tertiary/aromatic N) is 3. The maximum atomic E-state index is 12.7. The Morgan fingerprint density at radius 1 is 1.00 bits per heavy atom. The molecule has 0 saturated carbocycles. The van der Waals surface area contributed by atoms with Crippen molar-refractivity contribution in [2.75, 3.05) is 31.6 Å². The Balaban J connectivity index is 1.39. The molecule has 6 nitrogen and oxygen atoms in total. The Morgan fingerprint density at radius 2 is 1.77 bits per heavy atom. The summed E-state index contributed by atoms with van der Waals surface area (Å²) in [7, 11) is 0. The van der Waals surface area contributed by atoms with E-state index in [1.807, 2.05) is 24.4 Å². The van der Waals surface area contributed by atoms with E-state index in [1.54, 1.807) is 12.4 Å². The van der Waals surface area contributed by atoms with Crippen LogP contribution in [-0.4, -0.2) is 46.1 Å². The normalized spacial score (nSPS) is 11.8. The first kappa shape index (κ1) is 24.5. The van der Waals surface area contributed by atoms with Gasteiger partial charge in [0.2, 0.25) is 0 Å². The zero-order chi connectivity index (χ0) is 24.8. The summed E-state index contributed by atoms with van der Waals surface area (Å²) in [6.45, 7) is 7.72. The van der Waals surface area contributed by atoms with Crippen molar-refractivity contribution < 1.29 is 17.9 Å². The first-order valence-corrected chi connectivity index (χ1v) is 11.6. The summed E-state index contributed by atoms with van der Waals surface area (Å²) in [6, 6.07) is 10.6. The molecule has 0 bridgehead atoms. The van der Waals surface area contributed by atoms with Crippen LogP contribution in [0.15, 0.2) is 61.1 Å². The third-order valence-electron chi connectivity index (χ3n) is 5.87. The molecular formula is C26H28F3N5O. The number of hydrogen-bond donors (Lipinski definition) is 2. The molecule has 0 amide bonds. The second-order valence-corrected chi connectivity index (χ2v) is 8.19. The highest BCUT2D eigenvalue weighted by molar-refractivity contribution is 5.81. The van der Waals surface area contributed by atoms with Crippen LogP contribution >= 0.6 is 0 Å². The van der Waals surface area contributed by atoms with Crippen molar-refractivity contribution in [3.05, 3.63) is 77.7 Å². The molecule has 0 spiro atoms. The van der Waals surface area contributed by atoms with E-state index in [-0.39, 0.29) is 0 Å². The molecule has 3 aromatic heterocycles. The van der Waals surface area contributed by atoms with Crippen molar-refractivity contribution in [3.63, 3.8) is 0 Å². The van der Waals surface area contributed by atoms with E-state index in [9.17, 15) is 13.2 Å². The maximum Gasteiger partial charge on any atom is 0.416 e. The predicted octanol–water partition coefficient (Wildman–Crippen LogP) is 6.03. The van der Waals surface area contributed by atoms with E-state index >= 15 is 0 Å². The number of benzene rings is 1. The summed E-state index contributed by atoms with van der Waals surface area (Å²) < 4.78 is 44.1. The Labute approximate surface area is 202 Å². The number of alkyl halides is 3. The number of halogens is 3. The van der Waals surface area contributed by atoms with E-state index in [0.717, 1.165) is 59.7 Å². The van der Waals surface area contributed by atoms with Crippen molar-refractivity contribution in [1.29, 1.82) is 0 Å². The Kier molecular flexibility index (Phi) is 7.55. The Hall–Kier alpha value is -3.59. The molecule has 4 rings (SSSR count). The highest BCUT2D eigenvalue weighted by atomic mass is 19.4. The molecule has 35 heavy (non-hydrogen) atoms. The quantitative estimate of drug-likeness (QED) is 0.288. The zero-order valence-electron chi connectivity index (χ0n) is 19.7. The van der Waals surface area contributed by atoms with Crippen LogP contribution in [0, 0.1) is 0 Å². The van der Waals surface area contributed by atoms with Gasteiger partial charge in [0.05, 0.1) is 11.8 Å². The highest BCUT2D eigenvalue weighted by Gasteiger charge is 2.29. The molecule has 9 heteroatoms. The Bertz CT molecular complexity index is 1230. The number of H-pyrrole nitrogens is 1. The zero-order valence-corrected chi connectivity index (χ0v) is 19.7. The van der Waals surface area contributed by atoms with Crippen LogP contribution in [-0.2, 0) is 12.6 Å². The van der Waals surface area contributed by atoms with Gasteiger partial charge in [-0.1, -0.05) is 19.9 Å². The molecule has 0 unspecified atom stereocenters. The van der Waals surface area contributed by atoms with Gasteiger partial charge in [-0.15, -0.1) is 0 Å². The first-order chi connectivity index (χ1) is 16.9. The van der Waals surface area contributed by atoms with Gasteiger partial charge in [-0.3, -0.25) is 0 Å². The fourth-order valence-corrected chi connectivity index (χ4v) is 3.81. The Morgan fingerprint density at radius 3 is 2.43 bits per heavy atom. The van der Waals surface area contributed by atoms with Crippen LogP contribution in [0.5, 0.6) is 5.75 Å². The summed E-state index contributed by atoms with van der Waals surface area (Å²) in [4.78, 5) is 14.4. The average molecular weight is 484 g/mol. The van der Waals surface area contributed by atoms with Crippen LogP contribution in [0.1, 0.15) is 30.5 Å². The lowest BCUT2D eigenvalue weighted by Gasteiger charge is -2.17. The molecule has 3 heterocycles. The molecule has 2 N–H and O–H groups in total. The minimum Gasteiger partial charge on any atom is -0.491 e. The van der Waals surface area contributed by atoms with E-state index < -0.39 is 11.7 Å². The SMILES string of the molecule is CCN(CC)CCOc1cnc2[nH]cc(Cc3ccc(Nc4ccc(C(F)(F)F)cc4)nc3)c2c1. The fraction of sp³-hybridized carbons (Fsp3) is 0.308.